The van der Waals surface area contributed by atoms with Gasteiger partial charge in [0.25, 0.3) is 0 Å². The molecule has 0 saturated carbocycles. The van der Waals surface area contributed by atoms with E-state index in [4.69, 9.17) is 0 Å². The molecule has 2 aromatic carbocycles. The Bertz CT molecular complexity index is 814. The molecule has 2 aliphatic rings. The number of piperidine rings is 1. The van der Waals surface area contributed by atoms with E-state index in [1.807, 2.05) is 13.0 Å². The second-order valence-electron chi connectivity index (χ2n) is 7.31. The molecule has 0 aromatic heterocycles. The molecule has 0 radical (unpaired) electrons. The zero-order valence-electron chi connectivity index (χ0n) is 15.2. The first kappa shape index (κ1) is 18.3. The maximum absolute atomic E-state index is 13.3. The van der Waals surface area contributed by atoms with Gasteiger partial charge < -0.3 is 5.32 Å². The van der Waals surface area contributed by atoms with Crippen molar-refractivity contribution in [1.82, 2.24) is 10.2 Å². The molecule has 2 fully saturated rings. The third kappa shape index (κ3) is 3.42. The van der Waals surface area contributed by atoms with E-state index >= 15 is 0 Å². The molecule has 2 nitrogen and oxygen atoms in total. The fourth-order valence-corrected chi connectivity index (χ4v) is 4.51. The molecular weight excluding hydrogens is 349 g/mol. The van der Waals surface area contributed by atoms with Gasteiger partial charge in [0.15, 0.2) is 0 Å². The third-order valence-electron chi connectivity index (χ3n) is 5.74. The molecule has 1 unspecified atom stereocenters. The van der Waals surface area contributed by atoms with Gasteiger partial charge >= 0.3 is 6.18 Å². The van der Waals surface area contributed by atoms with Crippen molar-refractivity contribution in [3.63, 3.8) is 0 Å². The lowest BCUT2D eigenvalue weighted by Gasteiger charge is -2.59. The highest BCUT2D eigenvalue weighted by molar-refractivity contribution is 5.50. The number of nitrogens with zero attached hydrogens (tertiary/aromatic N) is 1. The first-order valence-electron chi connectivity index (χ1n) is 9.33. The second kappa shape index (κ2) is 7.13. The van der Waals surface area contributed by atoms with E-state index in [-0.39, 0.29) is 12.1 Å². The number of piperazine rings is 1. The summed E-state index contributed by atoms with van der Waals surface area (Å²) in [5, 5.41) is 3.40. The van der Waals surface area contributed by atoms with E-state index in [2.05, 4.69) is 40.6 Å². The van der Waals surface area contributed by atoms with Gasteiger partial charge in [-0.3, -0.25) is 4.90 Å². The van der Waals surface area contributed by atoms with Gasteiger partial charge in [-0.05, 0) is 29.7 Å². The molecule has 0 spiro atoms. The molecule has 0 aliphatic carbocycles. The number of likely N-dealkylation sites (tertiary alicyclic amines) is 1. The summed E-state index contributed by atoms with van der Waals surface area (Å²) in [4.78, 5) is 2.23. The largest absolute Gasteiger partial charge is 0.416 e. The summed E-state index contributed by atoms with van der Waals surface area (Å²) in [6, 6.07) is 14.9. The van der Waals surface area contributed by atoms with E-state index in [1.165, 1.54) is 23.3 Å². The quantitative estimate of drug-likeness (QED) is 0.838. The van der Waals surface area contributed by atoms with Crippen molar-refractivity contribution in [3.05, 3.63) is 76.9 Å². The van der Waals surface area contributed by atoms with E-state index < -0.39 is 11.7 Å². The van der Waals surface area contributed by atoms with Gasteiger partial charge in [-0.25, -0.2) is 0 Å². The molecule has 0 amide bonds. The SMILES string of the molecule is C/C=C\c1ccc(C2[C@H]3CNC[C@@H]2N3Cc2ccccc2C(F)(F)F)cc1. The number of hydrogen-bond acceptors (Lipinski definition) is 2. The smallest absolute Gasteiger partial charge is 0.314 e. The van der Waals surface area contributed by atoms with Crippen molar-refractivity contribution in [3.8, 4) is 0 Å². The van der Waals surface area contributed by atoms with Crippen LogP contribution < -0.4 is 5.32 Å². The fourth-order valence-electron chi connectivity index (χ4n) is 4.51. The van der Waals surface area contributed by atoms with E-state index in [9.17, 15) is 13.2 Å². The standard InChI is InChI=1S/C22H23F3N2/c1-2-5-15-8-10-16(11-9-15)21-19-12-26-13-20(21)27(19)14-17-6-3-4-7-18(17)22(23,24)25/h2-11,19-21,26H,12-14H2,1H3/b5-2-/t19-,20+,21?. The van der Waals surface area contributed by atoms with Crippen LogP contribution in [-0.2, 0) is 12.7 Å². The highest BCUT2D eigenvalue weighted by Gasteiger charge is 2.51. The van der Waals surface area contributed by atoms with Crippen LogP contribution in [0.25, 0.3) is 6.08 Å². The van der Waals surface area contributed by atoms with Crippen LogP contribution in [0.15, 0.2) is 54.6 Å². The van der Waals surface area contributed by atoms with E-state index in [0.717, 1.165) is 13.1 Å². The molecule has 5 heteroatoms. The van der Waals surface area contributed by atoms with Gasteiger partial charge in [-0.2, -0.15) is 13.2 Å². The van der Waals surface area contributed by atoms with Crippen LogP contribution in [0, 0.1) is 0 Å². The van der Waals surface area contributed by atoms with Crippen molar-refractivity contribution in [2.24, 2.45) is 0 Å². The molecule has 1 N–H and O–H groups in total. The molecular formula is C22H23F3N2. The number of hydrogen-bond donors (Lipinski definition) is 1. The Morgan fingerprint density at radius 3 is 2.33 bits per heavy atom. The molecule has 142 valence electrons. The molecule has 4 rings (SSSR count). The van der Waals surface area contributed by atoms with Crippen LogP contribution in [0.2, 0.25) is 0 Å². The maximum Gasteiger partial charge on any atom is 0.416 e. The lowest BCUT2D eigenvalue weighted by atomic mass is 9.72. The molecule has 2 heterocycles. The van der Waals surface area contributed by atoms with Gasteiger partial charge in [-0.1, -0.05) is 54.6 Å². The maximum atomic E-state index is 13.3. The molecule has 3 atom stereocenters. The van der Waals surface area contributed by atoms with Gasteiger partial charge in [0.1, 0.15) is 0 Å². The summed E-state index contributed by atoms with van der Waals surface area (Å²) >= 11 is 0. The minimum absolute atomic E-state index is 0.234. The fraction of sp³-hybridized carbons (Fsp3) is 0.364. The average Bonchev–Trinajstić information content (AvgIpc) is 2.67. The number of allylic oxidation sites excluding steroid dienone is 1. The molecule has 2 bridgehead atoms. The van der Waals surface area contributed by atoms with Crippen LogP contribution in [0.1, 0.15) is 35.1 Å². The summed E-state index contributed by atoms with van der Waals surface area (Å²) in [6.07, 6.45) is -0.235. The number of rotatable bonds is 4. The number of alkyl halides is 3. The van der Waals surface area contributed by atoms with Crippen molar-refractivity contribution >= 4 is 6.08 Å². The van der Waals surface area contributed by atoms with Crippen molar-refractivity contribution in [2.75, 3.05) is 13.1 Å². The summed E-state index contributed by atoms with van der Waals surface area (Å²) in [7, 11) is 0. The Morgan fingerprint density at radius 2 is 1.70 bits per heavy atom. The second-order valence-corrected chi connectivity index (χ2v) is 7.31. The lowest BCUT2D eigenvalue weighted by molar-refractivity contribution is -0.139. The summed E-state index contributed by atoms with van der Waals surface area (Å²) < 4.78 is 40.0. The minimum Gasteiger partial charge on any atom is -0.314 e. The topological polar surface area (TPSA) is 15.3 Å². The first-order chi connectivity index (χ1) is 13.0. The first-order valence-corrected chi connectivity index (χ1v) is 9.33. The zero-order chi connectivity index (χ0) is 19.0. The normalized spacial score (nSPS) is 25.6. The molecule has 27 heavy (non-hydrogen) atoms. The van der Waals surface area contributed by atoms with Crippen LogP contribution in [0.3, 0.4) is 0 Å². The summed E-state index contributed by atoms with van der Waals surface area (Å²) in [6.45, 7) is 3.96. The predicted octanol–water partition coefficient (Wildman–Crippen LogP) is 4.68. The Kier molecular flexibility index (Phi) is 4.82. The van der Waals surface area contributed by atoms with Crippen molar-refractivity contribution in [2.45, 2.75) is 37.6 Å². The van der Waals surface area contributed by atoms with Crippen molar-refractivity contribution < 1.29 is 13.2 Å². The molecule has 2 saturated heterocycles. The van der Waals surface area contributed by atoms with Gasteiger partial charge in [0, 0.05) is 37.6 Å². The highest BCUT2D eigenvalue weighted by atomic mass is 19.4. The predicted molar refractivity (Wildman–Crippen MR) is 101 cm³/mol. The number of fused-ring (bicyclic) bond motifs is 2. The van der Waals surface area contributed by atoms with Crippen LogP contribution >= 0.6 is 0 Å². The van der Waals surface area contributed by atoms with Crippen LogP contribution in [0.5, 0.6) is 0 Å². The summed E-state index contributed by atoms with van der Waals surface area (Å²) in [5.41, 5.74) is 2.29. The number of halogens is 3. The summed E-state index contributed by atoms with van der Waals surface area (Å²) in [5.74, 6) is 0.379. The van der Waals surface area contributed by atoms with Gasteiger partial charge in [0.05, 0.1) is 5.56 Å². The molecule has 2 aromatic rings. The number of benzene rings is 2. The van der Waals surface area contributed by atoms with Crippen LogP contribution in [0.4, 0.5) is 13.2 Å². The third-order valence-corrected chi connectivity index (χ3v) is 5.74. The monoisotopic (exact) mass is 372 g/mol. The Balaban J connectivity index is 1.54. The van der Waals surface area contributed by atoms with E-state index in [0.29, 0.717) is 18.0 Å². The minimum atomic E-state index is -4.31. The zero-order valence-corrected chi connectivity index (χ0v) is 15.2. The van der Waals surface area contributed by atoms with Gasteiger partial charge in [-0.15, -0.1) is 0 Å². The number of nitrogens with one attached hydrogen (secondary N) is 1. The average molecular weight is 372 g/mol. The van der Waals surface area contributed by atoms with Crippen LogP contribution in [-0.4, -0.2) is 30.1 Å². The Morgan fingerprint density at radius 1 is 1.04 bits per heavy atom. The van der Waals surface area contributed by atoms with Crippen molar-refractivity contribution in [1.29, 1.82) is 0 Å². The molecule has 2 aliphatic heterocycles. The Labute approximate surface area is 157 Å². The van der Waals surface area contributed by atoms with E-state index in [1.54, 1.807) is 12.1 Å². The Hall–Kier alpha value is -2.11. The lowest BCUT2D eigenvalue weighted by Crippen LogP contribution is -2.72. The van der Waals surface area contributed by atoms with Gasteiger partial charge in [0.2, 0.25) is 0 Å². The highest BCUT2D eigenvalue weighted by Crippen LogP contribution is 2.44.